The first-order valence-electron chi connectivity index (χ1n) is 7.67. The molecule has 0 spiro atoms. The number of hydrogen-bond donors (Lipinski definition) is 1. The minimum absolute atomic E-state index is 0.185. The molecule has 4 nitrogen and oxygen atoms in total. The molecule has 1 fully saturated rings. The summed E-state index contributed by atoms with van der Waals surface area (Å²) in [6.45, 7) is 4.21. The number of pyridine rings is 1. The monoisotopic (exact) mass is 298 g/mol. The third-order valence-electron chi connectivity index (χ3n) is 4.31. The van der Waals surface area contributed by atoms with Gasteiger partial charge in [-0.2, -0.15) is 0 Å². The molecule has 0 unspecified atom stereocenters. The predicted molar refractivity (Wildman–Crippen MR) is 85.8 cm³/mol. The lowest BCUT2D eigenvalue weighted by Crippen LogP contribution is -2.23. The van der Waals surface area contributed by atoms with Gasteiger partial charge >= 0.3 is 0 Å². The maximum absolute atomic E-state index is 9.72. The van der Waals surface area contributed by atoms with Crippen molar-refractivity contribution in [2.45, 2.75) is 25.9 Å². The summed E-state index contributed by atoms with van der Waals surface area (Å²) in [5.41, 5.74) is 2.43. The number of phenolic OH excluding ortho intramolecular Hbond substituents is 1. The van der Waals surface area contributed by atoms with Crippen LogP contribution in [0.15, 0.2) is 42.7 Å². The van der Waals surface area contributed by atoms with Crippen molar-refractivity contribution in [2.24, 2.45) is 5.92 Å². The molecule has 4 heteroatoms. The molecular weight excluding hydrogens is 276 g/mol. The number of ether oxygens (including phenoxy) is 1. The summed E-state index contributed by atoms with van der Waals surface area (Å²) in [6.07, 6.45) is 4.94. The molecule has 2 heterocycles. The summed E-state index contributed by atoms with van der Waals surface area (Å²) in [4.78, 5) is 6.73. The SMILES string of the molecule is COc1cc(CN2C[C@@H](C)C[C@@H]2c2cccnc2)ccc1O. The second-order valence-corrected chi connectivity index (χ2v) is 6.08. The van der Waals surface area contributed by atoms with E-state index < -0.39 is 0 Å². The predicted octanol–water partition coefficient (Wildman–Crippen LogP) is 3.38. The van der Waals surface area contributed by atoms with E-state index in [0.717, 1.165) is 25.1 Å². The number of aromatic hydroxyl groups is 1. The molecule has 0 amide bonds. The molecular formula is C18H22N2O2. The van der Waals surface area contributed by atoms with Gasteiger partial charge in [0.05, 0.1) is 7.11 Å². The van der Waals surface area contributed by atoms with E-state index in [1.165, 1.54) is 5.56 Å². The molecule has 1 N–H and O–H groups in total. The highest BCUT2D eigenvalue weighted by atomic mass is 16.5. The first-order chi connectivity index (χ1) is 10.7. The molecule has 1 saturated heterocycles. The molecule has 116 valence electrons. The maximum atomic E-state index is 9.72. The molecule has 0 aliphatic carbocycles. The van der Waals surface area contributed by atoms with Crippen LogP contribution in [0.1, 0.15) is 30.5 Å². The average molecular weight is 298 g/mol. The Morgan fingerprint density at radius 1 is 1.36 bits per heavy atom. The fourth-order valence-electron chi connectivity index (χ4n) is 3.28. The van der Waals surface area contributed by atoms with Crippen LogP contribution < -0.4 is 4.74 Å². The highest BCUT2D eigenvalue weighted by Crippen LogP contribution is 2.36. The van der Waals surface area contributed by atoms with Crippen molar-refractivity contribution < 1.29 is 9.84 Å². The standard InChI is InChI=1S/C18H22N2O2/c1-13-8-16(15-4-3-7-19-10-15)20(11-13)12-14-5-6-17(21)18(9-14)22-2/h3-7,9-10,13,16,21H,8,11-12H2,1-2H3/t13-,16+/m0/s1. The number of benzene rings is 1. The van der Waals surface area contributed by atoms with Crippen LogP contribution in [0.3, 0.4) is 0 Å². The molecule has 1 aliphatic rings. The minimum Gasteiger partial charge on any atom is -0.504 e. The summed E-state index contributed by atoms with van der Waals surface area (Å²) in [7, 11) is 1.58. The fourth-order valence-corrected chi connectivity index (χ4v) is 3.28. The Labute approximate surface area is 131 Å². The topological polar surface area (TPSA) is 45.6 Å². The number of methoxy groups -OCH3 is 1. The van der Waals surface area contributed by atoms with E-state index in [1.807, 2.05) is 30.6 Å². The van der Waals surface area contributed by atoms with Crippen LogP contribution in [0.5, 0.6) is 11.5 Å². The molecule has 1 aromatic heterocycles. The molecule has 1 aliphatic heterocycles. The summed E-state index contributed by atoms with van der Waals surface area (Å²) in [5, 5.41) is 9.72. The highest BCUT2D eigenvalue weighted by Gasteiger charge is 2.30. The lowest BCUT2D eigenvalue weighted by Gasteiger charge is -2.24. The zero-order valence-corrected chi connectivity index (χ0v) is 13.1. The highest BCUT2D eigenvalue weighted by molar-refractivity contribution is 5.41. The van der Waals surface area contributed by atoms with Gasteiger partial charge in [0.1, 0.15) is 0 Å². The summed E-state index contributed by atoms with van der Waals surface area (Å²) in [6, 6.07) is 10.1. The van der Waals surface area contributed by atoms with E-state index in [4.69, 9.17) is 4.74 Å². The smallest absolute Gasteiger partial charge is 0.160 e. The van der Waals surface area contributed by atoms with Crippen molar-refractivity contribution in [1.82, 2.24) is 9.88 Å². The molecule has 0 saturated carbocycles. The average Bonchev–Trinajstić information content (AvgIpc) is 2.90. The van der Waals surface area contributed by atoms with E-state index in [-0.39, 0.29) is 5.75 Å². The fraction of sp³-hybridized carbons (Fsp3) is 0.389. The number of hydrogen-bond acceptors (Lipinski definition) is 4. The summed E-state index contributed by atoms with van der Waals surface area (Å²) < 4.78 is 5.20. The second kappa shape index (κ2) is 6.36. The molecule has 3 rings (SSSR count). The Hall–Kier alpha value is -2.07. The van der Waals surface area contributed by atoms with E-state index in [2.05, 4.69) is 22.9 Å². The Kier molecular flexibility index (Phi) is 4.29. The van der Waals surface area contributed by atoms with Gasteiger partial charge in [-0.3, -0.25) is 9.88 Å². The van der Waals surface area contributed by atoms with Crippen molar-refractivity contribution in [3.8, 4) is 11.5 Å². The van der Waals surface area contributed by atoms with Crippen molar-refractivity contribution in [3.63, 3.8) is 0 Å². The van der Waals surface area contributed by atoms with Crippen molar-refractivity contribution in [1.29, 1.82) is 0 Å². The zero-order chi connectivity index (χ0) is 15.5. The van der Waals surface area contributed by atoms with Crippen LogP contribution in [0.2, 0.25) is 0 Å². The van der Waals surface area contributed by atoms with Gasteiger partial charge in [-0.25, -0.2) is 0 Å². The lowest BCUT2D eigenvalue weighted by molar-refractivity contribution is 0.244. The van der Waals surface area contributed by atoms with Gasteiger partial charge in [0.25, 0.3) is 0 Å². The Morgan fingerprint density at radius 2 is 2.23 bits per heavy atom. The summed E-state index contributed by atoms with van der Waals surface area (Å²) in [5.74, 6) is 1.39. The van der Waals surface area contributed by atoms with Gasteiger partial charge in [0.15, 0.2) is 11.5 Å². The third kappa shape index (κ3) is 3.07. The van der Waals surface area contributed by atoms with Crippen molar-refractivity contribution in [2.75, 3.05) is 13.7 Å². The zero-order valence-electron chi connectivity index (χ0n) is 13.1. The normalized spacial score (nSPS) is 21.9. The molecule has 0 radical (unpaired) electrons. The van der Waals surface area contributed by atoms with Gasteiger partial charge < -0.3 is 9.84 Å². The van der Waals surface area contributed by atoms with Gasteiger partial charge in [-0.05, 0) is 41.7 Å². The van der Waals surface area contributed by atoms with E-state index in [9.17, 15) is 5.11 Å². The Balaban J connectivity index is 1.81. The molecule has 0 bridgehead atoms. The first kappa shape index (κ1) is 14.9. The Bertz CT molecular complexity index is 630. The molecule has 1 aromatic carbocycles. The first-order valence-corrected chi connectivity index (χ1v) is 7.67. The number of nitrogens with zero attached hydrogens (tertiary/aromatic N) is 2. The van der Waals surface area contributed by atoms with Crippen molar-refractivity contribution >= 4 is 0 Å². The largest absolute Gasteiger partial charge is 0.504 e. The van der Waals surface area contributed by atoms with Gasteiger partial charge in [0, 0.05) is 31.5 Å². The summed E-state index contributed by atoms with van der Waals surface area (Å²) >= 11 is 0. The minimum atomic E-state index is 0.185. The number of phenols is 1. The van der Waals surface area contributed by atoms with Crippen LogP contribution in [-0.2, 0) is 6.54 Å². The quantitative estimate of drug-likeness (QED) is 0.940. The van der Waals surface area contributed by atoms with Crippen LogP contribution >= 0.6 is 0 Å². The number of rotatable bonds is 4. The van der Waals surface area contributed by atoms with Crippen LogP contribution in [0.25, 0.3) is 0 Å². The molecule has 22 heavy (non-hydrogen) atoms. The van der Waals surface area contributed by atoms with Gasteiger partial charge in [0.2, 0.25) is 0 Å². The van der Waals surface area contributed by atoms with E-state index in [1.54, 1.807) is 13.2 Å². The van der Waals surface area contributed by atoms with Crippen LogP contribution in [0, 0.1) is 5.92 Å². The maximum Gasteiger partial charge on any atom is 0.160 e. The van der Waals surface area contributed by atoms with Gasteiger partial charge in [-0.1, -0.05) is 19.1 Å². The van der Waals surface area contributed by atoms with Crippen LogP contribution in [0.4, 0.5) is 0 Å². The Morgan fingerprint density at radius 3 is 2.95 bits per heavy atom. The van der Waals surface area contributed by atoms with Crippen molar-refractivity contribution in [3.05, 3.63) is 53.9 Å². The van der Waals surface area contributed by atoms with Gasteiger partial charge in [-0.15, -0.1) is 0 Å². The lowest BCUT2D eigenvalue weighted by atomic mass is 10.0. The number of likely N-dealkylation sites (tertiary alicyclic amines) is 1. The van der Waals surface area contributed by atoms with E-state index >= 15 is 0 Å². The molecule has 2 aromatic rings. The number of aromatic nitrogens is 1. The second-order valence-electron chi connectivity index (χ2n) is 6.08. The third-order valence-corrected chi connectivity index (χ3v) is 4.31. The van der Waals surface area contributed by atoms with Crippen LogP contribution in [-0.4, -0.2) is 28.6 Å². The molecule has 2 atom stereocenters. The van der Waals surface area contributed by atoms with E-state index in [0.29, 0.717) is 17.7 Å².